The Labute approximate surface area is 328 Å². The van der Waals surface area contributed by atoms with Crippen LogP contribution in [0.15, 0.2) is 30.3 Å². The molecule has 1 aromatic carbocycles. The van der Waals surface area contributed by atoms with Gasteiger partial charge in [0.15, 0.2) is 0 Å². The second-order valence-corrected chi connectivity index (χ2v) is 13.9. The van der Waals surface area contributed by atoms with Crippen LogP contribution in [-0.2, 0) is 25.7 Å². The van der Waals surface area contributed by atoms with Crippen molar-refractivity contribution in [1.82, 2.24) is 42.5 Å². The number of carbonyl (C=O) groups excluding carboxylic acids is 4. The third kappa shape index (κ3) is 28.4. The Bertz CT molecular complexity index is 1060. The molecule has 0 saturated heterocycles. The summed E-state index contributed by atoms with van der Waals surface area (Å²) >= 11 is 0. The van der Waals surface area contributed by atoms with Crippen LogP contribution in [0.3, 0.4) is 0 Å². The van der Waals surface area contributed by atoms with Gasteiger partial charge in [-0.05, 0) is 105 Å². The predicted molar refractivity (Wildman–Crippen MR) is 223 cm³/mol. The van der Waals surface area contributed by atoms with Gasteiger partial charge in [0.2, 0.25) is 23.6 Å². The minimum absolute atomic E-state index is 0.0276. The highest BCUT2D eigenvalue weighted by Crippen LogP contribution is 2.07. The van der Waals surface area contributed by atoms with Crippen molar-refractivity contribution >= 4 is 23.6 Å². The van der Waals surface area contributed by atoms with Crippen LogP contribution in [0, 0.1) is 0 Å². The fourth-order valence-corrected chi connectivity index (χ4v) is 5.87. The molecule has 0 aromatic heterocycles. The van der Waals surface area contributed by atoms with E-state index in [0.717, 1.165) is 57.3 Å². The molecule has 10 N–H and O–H groups in total. The number of hydrogen-bond donors (Lipinski definition) is 9. The first kappa shape index (κ1) is 50.9. The zero-order chi connectivity index (χ0) is 40.1. The van der Waals surface area contributed by atoms with Gasteiger partial charge in [-0.25, -0.2) is 0 Å². The van der Waals surface area contributed by atoms with E-state index in [0.29, 0.717) is 38.8 Å². The molecule has 1 aromatic rings. The molecule has 13 nitrogen and oxygen atoms in total. The van der Waals surface area contributed by atoms with Crippen LogP contribution in [0.4, 0.5) is 0 Å². The zero-order valence-electron chi connectivity index (χ0n) is 34.6. The van der Waals surface area contributed by atoms with Gasteiger partial charge in [0.1, 0.15) is 6.04 Å². The summed E-state index contributed by atoms with van der Waals surface area (Å²) in [6.07, 6.45) is 16.6. The van der Waals surface area contributed by atoms with Gasteiger partial charge in [0.05, 0.1) is 12.1 Å². The molecular weight excluding hydrogens is 683 g/mol. The van der Waals surface area contributed by atoms with Crippen LogP contribution in [0.25, 0.3) is 0 Å². The van der Waals surface area contributed by atoms with E-state index in [-0.39, 0.29) is 42.6 Å². The van der Waals surface area contributed by atoms with Crippen LogP contribution in [-0.4, -0.2) is 103 Å². The molecule has 3 atom stereocenters. The third-order valence-electron chi connectivity index (χ3n) is 9.31. The summed E-state index contributed by atoms with van der Waals surface area (Å²) in [4.78, 5) is 51.1. The first-order valence-corrected chi connectivity index (χ1v) is 20.8. The summed E-state index contributed by atoms with van der Waals surface area (Å²) in [7, 11) is 7.35. The van der Waals surface area contributed by atoms with Crippen molar-refractivity contribution in [2.45, 2.75) is 141 Å². The molecule has 1 rings (SSSR count). The maximum absolute atomic E-state index is 13.1. The molecule has 13 heteroatoms. The van der Waals surface area contributed by atoms with Crippen molar-refractivity contribution in [3.63, 3.8) is 0 Å². The van der Waals surface area contributed by atoms with Gasteiger partial charge in [-0.3, -0.25) is 19.2 Å². The topological polar surface area (TPSA) is 191 Å². The number of hydrogen-bond acceptors (Lipinski definition) is 9. The molecule has 0 aliphatic carbocycles. The van der Waals surface area contributed by atoms with E-state index in [2.05, 4.69) is 49.5 Å². The molecule has 0 unspecified atom stereocenters. The second-order valence-electron chi connectivity index (χ2n) is 13.9. The average molecular weight is 762 g/mol. The summed E-state index contributed by atoms with van der Waals surface area (Å²) < 4.78 is 0. The van der Waals surface area contributed by atoms with Crippen molar-refractivity contribution in [3.05, 3.63) is 35.9 Å². The van der Waals surface area contributed by atoms with Crippen molar-refractivity contribution < 1.29 is 19.2 Å². The summed E-state index contributed by atoms with van der Waals surface area (Å²) in [6, 6.07) is 8.24. The first-order valence-electron chi connectivity index (χ1n) is 20.8. The molecule has 0 heterocycles. The van der Waals surface area contributed by atoms with Gasteiger partial charge in [-0.15, -0.1) is 0 Å². The Morgan fingerprint density at radius 3 is 1.61 bits per heavy atom. The summed E-state index contributed by atoms with van der Waals surface area (Å²) in [5, 5.41) is 24.0. The second kappa shape index (κ2) is 36.9. The highest BCUT2D eigenvalue weighted by atomic mass is 16.2. The van der Waals surface area contributed by atoms with Crippen LogP contribution >= 0.6 is 0 Å². The number of unbranched alkanes of at least 4 members (excludes halogenated alkanes) is 9. The van der Waals surface area contributed by atoms with E-state index in [9.17, 15) is 19.2 Å². The van der Waals surface area contributed by atoms with E-state index in [1.165, 1.54) is 44.9 Å². The van der Waals surface area contributed by atoms with Crippen LogP contribution < -0.4 is 48.3 Å². The molecule has 0 radical (unpaired) electrons. The number of amides is 4. The Hall–Kier alpha value is -3.10. The van der Waals surface area contributed by atoms with Crippen molar-refractivity contribution in [1.29, 1.82) is 0 Å². The van der Waals surface area contributed by atoms with Crippen LogP contribution in [0.2, 0.25) is 0 Å². The molecule has 0 aliphatic rings. The van der Waals surface area contributed by atoms with Gasteiger partial charge in [0, 0.05) is 26.1 Å². The van der Waals surface area contributed by atoms with E-state index in [1.807, 2.05) is 44.4 Å². The van der Waals surface area contributed by atoms with Gasteiger partial charge in [0.25, 0.3) is 0 Å². The van der Waals surface area contributed by atoms with Crippen molar-refractivity contribution in [2.24, 2.45) is 5.73 Å². The third-order valence-corrected chi connectivity index (χ3v) is 9.31. The maximum atomic E-state index is 13.1. The van der Waals surface area contributed by atoms with E-state index in [4.69, 9.17) is 5.73 Å². The van der Waals surface area contributed by atoms with E-state index >= 15 is 0 Å². The Morgan fingerprint density at radius 2 is 1.06 bits per heavy atom. The fourth-order valence-electron chi connectivity index (χ4n) is 5.87. The fraction of sp³-hybridized carbons (Fsp3) is 0.756. The standard InChI is InChI=1S/C32H58N8O4.C9H21N/c1-33-20-11-8-16-26(35-3)30(42)37-22-13-10-18-28(40-32(44)27(36-4)17-9-12-21-34-2)31(43)38-23-19-29(41)39-24-25-14-6-5-7-15-25;1-2-3-4-5-6-7-8-9-10/h5-7,14-15,26-28,33-36H,8-13,16-24H2,1-4H3,(H,37,42)(H,38,43)(H,39,41)(H,40,44);2-10H2,1H3/t26-,27-,28-;/m0./s1. The molecule has 0 spiro atoms. The number of benzene rings is 1. The number of nitrogens with one attached hydrogen (secondary N) is 8. The van der Waals surface area contributed by atoms with E-state index in [1.54, 1.807) is 14.1 Å². The van der Waals surface area contributed by atoms with Crippen LogP contribution in [0.5, 0.6) is 0 Å². The molecule has 0 aliphatic heterocycles. The smallest absolute Gasteiger partial charge is 0.242 e. The lowest BCUT2D eigenvalue weighted by molar-refractivity contribution is -0.130. The Kier molecular flexibility index (Phi) is 34.7. The van der Waals surface area contributed by atoms with Gasteiger partial charge in [-0.2, -0.15) is 0 Å². The van der Waals surface area contributed by atoms with Crippen molar-refractivity contribution in [3.8, 4) is 0 Å². The Balaban J connectivity index is 0.00000244. The lowest BCUT2D eigenvalue weighted by Crippen LogP contribution is -2.52. The number of rotatable bonds is 33. The molecule has 312 valence electrons. The minimum atomic E-state index is -0.740. The summed E-state index contributed by atoms with van der Waals surface area (Å²) in [6.45, 7) is 6.00. The van der Waals surface area contributed by atoms with Gasteiger partial charge >= 0.3 is 0 Å². The average Bonchev–Trinajstić information content (AvgIpc) is 3.18. The normalized spacial score (nSPS) is 12.5. The number of likely N-dealkylation sites (N-methyl/N-ethyl adjacent to an activating group) is 2. The highest BCUT2D eigenvalue weighted by molar-refractivity contribution is 5.90. The molecule has 4 amide bonds. The zero-order valence-corrected chi connectivity index (χ0v) is 34.6. The summed E-state index contributed by atoms with van der Waals surface area (Å²) in [5.41, 5.74) is 6.37. The SMILES string of the molecule is CCCCCCCCCN.CNCCCC[C@H](NC)C(=O)NCCCC[C@H](NC(=O)[C@H](CCCCNC)NC)C(=O)NCCC(=O)NCc1ccccc1. The summed E-state index contributed by atoms with van der Waals surface area (Å²) in [5.74, 6) is -0.731. The number of carbonyl (C=O) groups is 4. The maximum Gasteiger partial charge on any atom is 0.242 e. The molecular formula is C41H79N9O4. The monoisotopic (exact) mass is 762 g/mol. The highest BCUT2D eigenvalue weighted by Gasteiger charge is 2.24. The first-order chi connectivity index (χ1) is 26.3. The predicted octanol–water partition coefficient (Wildman–Crippen LogP) is 3.23. The Morgan fingerprint density at radius 1 is 0.556 bits per heavy atom. The lowest BCUT2D eigenvalue weighted by atomic mass is 10.1. The van der Waals surface area contributed by atoms with Crippen molar-refractivity contribution in [2.75, 3.05) is 60.9 Å². The lowest BCUT2D eigenvalue weighted by Gasteiger charge is -2.22. The molecule has 0 fully saturated rings. The van der Waals surface area contributed by atoms with E-state index < -0.39 is 12.1 Å². The molecule has 0 bridgehead atoms. The minimum Gasteiger partial charge on any atom is -0.355 e. The molecule has 0 saturated carbocycles. The van der Waals surface area contributed by atoms with Gasteiger partial charge < -0.3 is 48.3 Å². The van der Waals surface area contributed by atoms with Crippen LogP contribution in [0.1, 0.15) is 122 Å². The molecule has 54 heavy (non-hydrogen) atoms. The quantitative estimate of drug-likeness (QED) is 0.0485. The number of nitrogens with two attached hydrogens (primary N) is 1. The largest absolute Gasteiger partial charge is 0.355 e. The van der Waals surface area contributed by atoms with Gasteiger partial charge in [-0.1, -0.05) is 88.6 Å².